The van der Waals surface area contributed by atoms with Crippen LogP contribution in [-0.2, 0) is 0 Å². The molecule has 0 aliphatic carbocycles. The second-order valence-electron chi connectivity index (χ2n) is 5.06. The van der Waals surface area contributed by atoms with E-state index in [1.165, 1.54) is 12.7 Å². The van der Waals surface area contributed by atoms with Gasteiger partial charge >= 0.3 is 0 Å². The molecule has 0 bridgehead atoms. The number of carbonyl (C=O) groups excluding carboxylic acids is 1. The first kappa shape index (κ1) is 15.9. The second-order valence-corrected chi connectivity index (χ2v) is 5.06. The van der Waals surface area contributed by atoms with Crippen LogP contribution in [0.1, 0.15) is 28.8 Å². The van der Waals surface area contributed by atoms with Crippen molar-refractivity contribution in [3.63, 3.8) is 0 Å². The number of rotatable bonds is 6. The molecule has 2 rings (SSSR count). The number of para-hydroxylation sites is 1. The summed E-state index contributed by atoms with van der Waals surface area (Å²) in [6.45, 7) is 2.64. The van der Waals surface area contributed by atoms with E-state index in [0.29, 0.717) is 23.6 Å². The quantitative estimate of drug-likeness (QED) is 0.891. The van der Waals surface area contributed by atoms with E-state index in [2.05, 4.69) is 24.4 Å². The van der Waals surface area contributed by atoms with Crippen molar-refractivity contribution in [3.8, 4) is 11.5 Å². The molecule has 1 unspecified atom stereocenters. The van der Waals surface area contributed by atoms with Gasteiger partial charge < -0.3 is 14.8 Å². The standard InChI is InChI=1S/C18H21NO3/c1-13(14-8-5-4-6-9-14)12-19-18(20)15-10-7-11-16(21-2)17(15)22-3/h4-11,13H,12H2,1-3H3,(H,19,20). The summed E-state index contributed by atoms with van der Waals surface area (Å²) in [5, 5.41) is 2.95. The molecule has 0 saturated heterocycles. The third-order valence-electron chi connectivity index (χ3n) is 3.58. The molecule has 1 N–H and O–H groups in total. The predicted molar refractivity (Wildman–Crippen MR) is 86.7 cm³/mol. The molecule has 22 heavy (non-hydrogen) atoms. The molecule has 0 saturated carbocycles. The van der Waals surface area contributed by atoms with E-state index in [1.54, 1.807) is 25.3 Å². The Labute approximate surface area is 131 Å². The fourth-order valence-electron chi connectivity index (χ4n) is 2.31. The fraction of sp³-hybridized carbons (Fsp3) is 0.278. The second kappa shape index (κ2) is 7.50. The molecule has 0 heterocycles. The smallest absolute Gasteiger partial charge is 0.255 e. The molecule has 2 aromatic carbocycles. The van der Waals surface area contributed by atoms with Crippen molar-refractivity contribution in [1.82, 2.24) is 5.32 Å². The number of benzene rings is 2. The minimum atomic E-state index is -0.168. The summed E-state index contributed by atoms with van der Waals surface area (Å²) in [6.07, 6.45) is 0. The average molecular weight is 299 g/mol. The van der Waals surface area contributed by atoms with Gasteiger partial charge in [-0.2, -0.15) is 0 Å². The highest BCUT2D eigenvalue weighted by molar-refractivity contribution is 5.97. The van der Waals surface area contributed by atoms with Crippen LogP contribution in [0.15, 0.2) is 48.5 Å². The van der Waals surface area contributed by atoms with E-state index >= 15 is 0 Å². The minimum absolute atomic E-state index is 0.168. The van der Waals surface area contributed by atoms with Gasteiger partial charge in [-0.25, -0.2) is 0 Å². The van der Waals surface area contributed by atoms with Crippen LogP contribution in [-0.4, -0.2) is 26.7 Å². The number of amides is 1. The van der Waals surface area contributed by atoms with Crippen molar-refractivity contribution in [2.75, 3.05) is 20.8 Å². The monoisotopic (exact) mass is 299 g/mol. The first-order valence-corrected chi connectivity index (χ1v) is 7.21. The molecular formula is C18H21NO3. The molecule has 0 aromatic heterocycles. The Balaban J connectivity index is 2.07. The minimum Gasteiger partial charge on any atom is -0.493 e. The van der Waals surface area contributed by atoms with Gasteiger partial charge in [-0.3, -0.25) is 4.79 Å². The highest BCUT2D eigenvalue weighted by atomic mass is 16.5. The first-order valence-electron chi connectivity index (χ1n) is 7.21. The molecule has 4 nitrogen and oxygen atoms in total. The number of nitrogens with one attached hydrogen (secondary N) is 1. The van der Waals surface area contributed by atoms with Gasteiger partial charge in [0.2, 0.25) is 0 Å². The lowest BCUT2D eigenvalue weighted by atomic mass is 10.0. The number of carbonyl (C=O) groups is 1. The van der Waals surface area contributed by atoms with Gasteiger partial charge in [0.05, 0.1) is 19.8 Å². The van der Waals surface area contributed by atoms with Gasteiger partial charge in [-0.1, -0.05) is 43.3 Å². The molecule has 0 spiro atoms. The van der Waals surface area contributed by atoms with Crippen LogP contribution in [0.3, 0.4) is 0 Å². The van der Waals surface area contributed by atoms with Gasteiger partial charge in [-0.05, 0) is 23.6 Å². The van der Waals surface area contributed by atoms with E-state index in [0.717, 1.165) is 0 Å². The summed E-state index contributed by atoms with van der Waals surface area (Å²) in [7, 11) is 3.08. The predicted octanol–water partition coefficient (Wildman–Crippen LogP) is 3.24. The van der Waals surface area contributed by atoms with Crippen molar-refractivity contribution in [2.45, 2.75) is 12.8 Å². The van der Waals surface area contributed by atoms with Crippen molar-refractivity contribution in [1.29, 1.82) is 0 Å². The maximum atomic E-state index is 12.4. The molecule has 0 aliphatic heterocycles. The number of hydrogen-bond acceptors (Lipinski definition) is 3. The third kappa shape index (κ3) is 3.58. The van der Waals surface area contributed by atoms with Gasteiger partial charge in [0, 0.05) is 6.54 Å². The van der Waals surface area contributed by atoms with Crippen LogP contribution < -0.4 is 14.8 Å². The lowest BCUT2D eigenvalue weighted by molar-refractivity contribution is 0.0948. The summed E-state index contributed by atoms with van der Waals surface area (Å²) >= 11 is 0. The van der Waals surface area contributed by atoms with E-state index in [9.17, 15) is 4.79 Å². The molecule has 0 aliphatic rings. The number of hydrogen-bond donors (Lipinski definition) is 1. The maximum Gasteiger partial charge on any atom is 0.255 e. The van der Waals surface area contributed by atoms with Gasteiger partial charge in [-0.15, -0.1) is 0 Å². The Bertz CT molecular complexity index is 625. The molecule has 2 aromatic rings. The molecule has 1 atom stereocenters. The van der Waals surface area contributed by atoms with E-state index in [1.807, 2.05) is 18.2 Å². The van der Waals surface area contributed by atoms with Gasteiger partial charge in [0.15, 0.2) is 11.5 Å². The summed E-state index contributed by atoms with van der Waals surface area (Å²) in [5.74, 6) is 1.07. The fourth-order valence-corrected chi connectivity index (χ4v) is 2.31. The zero-order valence-corrected chi connectivity index (χ0v) is 13.1. The molecule has 0 fully saturated rings. The van der Waals surface area contributed by atoms with Crippen LogP contribution in [0.25, 0.3) is 0 Å². The molecular weight excluding hydrogens is 278 g/mol. The topological polar surface area (TPSA) is 47.6 Å². The molecule has 1 amide bonds. The van der Waals surface area contributed by atoms with Gasteiger partial charge in [0.25, 0.3) is 5.91 Å². The molecule has 4 heteroatoms. The normalized spacial score (nSPS) is 11.6. The highest BCUT2D eigenvalue weighted by Crippen LogP contribution is 2.30. The summed E-state index contributed by atoms with van der Waals surface area (Å²) < 4.78 is 10.5. The van der Waals surface area contributed by atoms with Crippen molar-refractivity contribution in [3.05, 3.63) is 59.7 Å². The van der Waals surface area contributed by atoms with Crippen LogP contribution in [0.2, 0.25) is 0 Å². The number of methoxy groups -OCH3 is 2. The van der Waals surface area contributed by atoms with Crippen LogP contribution >= 0.6 is 0 Å². The Hall–Kier alpha value is -2.49. The SMILES string of the molecule is COc1cccc(C(=O)NCC(C)c2ccccc2)c1OC. The van der Waals surface area contributed by atoms with Gasteiger partial charge in [0.1, 0.15) is 0 Å². The summed E-state index contributed by atoms with van der Waals surface area (Å²) in [6, 6.07) is 15.4. The molecule has 116 valence electrons. The Morgan fingerprint density at radius 2 is 1.77 bits per heavy atom. The highest BCUT2D eigenvalue weighted by Gasteiger charge is 2.17. The molecule has 0 radical (unpaired) electrons. The maximum absolute atomic E-state index is 12.4. The van der Waals surface area contributed by atoms with E-state index in [-0.39, 0.29) is 11.8 Å². The zero-order valence-electron chi connectivity index (χ0n) is 13.1. The van der Waals surface area contributed by atoms with Crippen molar-refractivity contribution in [2.24, 2.45) is 0 Å². The van der Waals surface area contributed by atoms with Crippen LogP contribution in [0, 0.1) is 0 Å². The Morgan fingerprint density at radius 3 is 2.41 bits per heavy atom. The van der Waals surface area contributed by atoms with Crippen molar-refractivity contribution >= 4 is 5.91 Å². The third-order valence-corrected chi connectivity index (χ3v) is 3.58. The van der Waals surface area contributed by atoms with Crippen LogP contribution in [0.5, 0.6) is 11.5 Å². The summed E-state index contributed by atoms with van der Waals surface area (Å²) in [4.78, 5) is 12.4. The number of ether oxygens (including phenoxy) is 2. The van der Waals surface area contributed by atoms with Crippen LogP contribution in [0.4, 0.5) is 0 Å². The van der Waals surface area contributed by atoms with Crippen molar-refractivity contribution < 1.29 is 14.3 Å². The largest absolute Gasteiger partial charge is 0.493 e. The lowest BCUT2D eigenvalue weighted by Crippen LogP contribution is -2.28. The summed E-state index contributed by atoms with van der Waals surface area (Å²) in [5.41, 5.74) is 1.67. The van der Waals surface area contributed by atoms with E-state index < -0.39 is 0 Å². The lowest BCUT2D eigenvalue weighted by Gasteiger charge is -2.15. The Kier molecular flexibility index (Phi) is 5.42. The first-order chi connectivity index (χ1) is 10.7. The zero-order chi connectivity index (χ0) is 15.9. The Morgan fingerprint density at radius 1 is 1.05 bits per heavy atom. The average Bonchev–Trinajstić information content (AvgIpc) is 2.59. The van der Waals surface area contributed by atoms with E-state index in [4.69, 9.17) is 9.47 Å².